The van der Waals surface area contributed by atoms with Gasteiger partial charge in [0.2, 0.25) is 11.8 Å². The maximum absolute atomic E-state index is 15.3. The van der Waals surface area contributed by atoms with Gasteiger partial charge in [-0.05, 0) is 27.2 Å². The van der Waals surface area contributed by atoms with Gasteiger partial charge in [-0.2, -0.15) is 5.10 Å². The van der Waals surface area contributed by atoms with E-state index in [1.807, 2.05) is 37.1 Å². The molecule has 386 valence electrons. The van der Waals surface area contributed by atoms with Crippen LogP contribution in [-0.2, 0) is 40.0 Å². The first-order valence-electron chi connectivity index (χ1n) is 24.6. The number of imide groups is 1. The number of piperidine rings is 1. The Hall–Kier alpha value is -6.07. The summed E-state index contributed by atoms with van der Waals surface area (Å²) in [5.74, 6) is -1.42. The van der Waals surface area contributed by atoms with E-state index < -0.39 is 28.3 Å². The number of amides is 6. The molecule has 3 unspecified atom stereocenters. The minimum atomic E-state index is -0.717. The van der Waals surface area contributed by atoms with E-state index in [2.05, 4.69) is 54.9 Å². The molecule has 0 spiro atoms. The molecular weight excluding hydrogens is 979 g/mol. The summed E-state index contributed by atoms with van der Waals surface area (Å²) in [5, 5.41) is 11.0. The van der Waals surface area contributed by atoms with Crippen LogP contribution in [0.1, 0.15) is 94.7 Å². The Kier molecular flexibility index (Phi) is 17.4. The van der Waals surface area contributed by atoms with Crippen molar-refractivity contribution < 1.29 is 47.4 Å². The average molecular weight is 1040 g/mol. The standard InChI is InChI=1S/C48H60B2FN11O9S2/c1-30(33-28-53-45(54-29-33)69-22-5-7-41(67)70-62-39(65)10-11-40(62)66)57-58-37(63)25-47(2,3)73-72-23-14-38(64)60-20-18-59(19-21-60)35-12-16-61(17-13-35)46(68)55-27-31-8-9-34(24-36(31)51)56-44-43-42(48(43,49)71-50-44)32-6-4-15-52-26-32/h4,6,8-9,15,24,26,28-29,35,42-43,56H,5,7,10-14,16-23,25,27,49H2,1-3H3,(H,55,68)(H,58,63)/b57-30+. The molecule has 25 heteroatoms. The number of pyridine rings is 1. The fourth-order valence-electron chi connectivity index (χ4n) is 9.49. The number of piperazine rings is 1. The molecule has 1 aliphatic carbocycles. The second kappa shape index (κ2) is 23.9. The number of nitrogens with zero attached hydrogens (tertiary/aromatic N) is 8. The fraction of sp³-hybridized carbons (Fsp3) is 0.521. The second-order valence-electron chi connectivity index (χ2n) is 19.4. The van der Waals surface area contributed by atoms with E-state index in [1.54, 1.807) is 52.8 Å². The van der Waals surface area contributed by atoms with Gasteiger partial charge in [0.25, 0.3) is 11.8 Å². The Balaban J connectivity index is 0.656. The molecule has 0 radical (unpaired) electrons. The Morgan fingerprint density at radius 2 is 1.73 bits per heavy atom. The van der Waals surface area contributed by atoms with Crippen molar-refractivity contribution in [2.75, 3.05) is 56.9 Å². The van der Waals surface area contributed by atoms with Gasteiger partial charge < -0.3 is 14.5 Å². The van der Waals surface area contributed by atoms with Crippen LogP contribution in [0.5, 0.6) is 6.01 Å². The van der Waals surface area contributed by atoms with Crippen LogP contribution in [0, 0.1) is 11.7 Å². The van der Waals surface area contributed by atoms with Crippen molar-refractivity contribution in [1.82, 2.24) is 45.5 Å². The molecule has 1 saturated carbocycles. The van der Waals surface area contributed by atoms with Crippen LogP contribution in [0.25, 0.3) is 0 Å². The SMILES string of the molecule is BC12OB=C(Nc3ccc(CNC(=O)N4CCC(N5CCN(C(=O)CCSSC(C)(C)CC(=O)N/N=C(\C)c6cnc(OCCCC(=O)ON7C(=O)CCC7=O)nc6)CC5)CC4)c(F)c3)C1C2c1cccnc1. The van der Waals surface area contributed by atoms with Gasteiger partial charge in [0.15, 0.2) is 0 Å². The number of ether oxygens (including phenoxy) is 1. The number of carbonyl (C=O) groups excluding carboxylic acids is 6. The number of hydrazone groups is 1. The fourth-order valence-corrected chi connectivity index (χ4v) is 12.0. The zero-order chi connectivity index (χ0) is 51.7. The van der Waals surface area contributed by atoms with Crippen molar-refractivity contribution >= 4 is 89.2 Å². The Bertz CT molecular complexity index is 2570. The average Bonchev–Trinajstić information content (AvgIpc) is 3.70. The topological polar surface area (TPSA) is 230 Å². The molecule has 6 heterocycles. The number of rotatable bonds is 21. The zero-order valence-corrected chi connectivity index (χ0v) is 43.1. The van der Waals surface area contributed by atoms with Gasteiger partial charge >= 0.3 is 188 Å². The summed E-state index contributed by atoms with van der Waals surface area (Å²) >= 11 is 0. The molecule has 0 bridgehead atoms. The summed E-state index contributed by atoms with van der Waals surface area (Å²) in [7, 11) is 6.92. The van der Waals surface area contributed by atoms with Crippen molar-refractivity contribution in [3.8, 4) is 6.01 Å². The second-order valence-corrected chi connectivity index (χ2v) is 22.5. The van der Waals surface area contributed by atoms with Gasteiger partial charge in [0, 0.05) is 86.4 Å². The number of benzene rings is 1. The minimum absolute atomic E-state index is 0.0250. The van der Waals surface area contributed by atoms with Gasteiger partial charge in [0.05, 0.1) is 18.7 Å². The summed E-state index contributed by atoms with van der Waals surface area (Å²) in [4.78, 5) is 97.8. The molecule has 20 nitrogen and oxygen atoms in total. The maximum atomic E-state index is 15.3. The van der Waals surface area contributed by atoms with Crippen LogP contribution in [0.3, 0.4) is 0 Å². The van der Waals surface area contributed by atoms with Gasteiger partial charge in [-0.25, -0.2) is 20.2 Å². The predicted octanol–water partition coefficient (Wildman–Crippen LogP) is 3.01. The summed E-state index contributed by atoms with van der Waals surface area (Å²) in [6, 6.07) is 9.13. The van der Waals surface area contributed by atoms with E-state index in [4.69, 9.17) is 14.2 Å². The summed E-state index contributed by atoms with van der Waals surface area (Å²) in [6.07, 6.45) is 9.09. The van der Waals surface area contributed by atoms with Crippen molar-refractivity contribution in [3.63, 3.8) is 0 Å². The zero-order valence-electron chi connectivity index (χ0n) is 41.5. The molecule has 1 aromatic carbocycles. The summed E-state index contributed by atoms with van der Waals surface area (Å²) in [5.41, 5.74) is 6.35. The van der Waals surface area contributed by atoms with Crippen LogP contribution in [0.2, 0.25) is 0 Å². The number of urea groups is 1. The van der Waals surface area contributed by atoms with Crippen molar-refractivity contribution in [2.45, 2.75) is 101 Å². The Morgan fingerprint density at radius 1 is 0.986 bits per heavy atom. The number of carbonyl (C=O) groups is 6. The van der Waals surface area contributed by atoms with Crippen molar-refractivity contribution in [3.05, 3.63) is 77.6 Å². The predicted molar refractivity (Wildman–Crippen MR) is 276 cm³/mol. The van der Waals surface area contributed by atoms with Crippen LogP contribution in [-0.4, -0.2) is 165 Å². The van der Waals surface area contributed by atoms with Gasteiger partial charge in [0.1, 0.15) is 0 Å². The molecule has 3 saturated heterocycles. The third-order valence-electron chi connectivity index (χ3n) is 13.6. The quantitative estimate of drug-likeness (QED) is 0.0348. The Morgan fingerprint density at radius 3 is 2.42 bits per heavy atom. The van der Waals surface area contributed by atoms with E-state index in [1.165, 1.54) is 18.5 Å². The van der Waals surface area contributed by atoms with Gasteiger partial charge in [-0.3, -0.25) is 24.1 Å². The molecule has 4 fully saturated rings. The normalized spacial score (nSPS) is 21.2. The third-order valence-corrected chi connectivity index (χ3v) is 16.9. The van der Waals surface area contributed by atoms with E-state index in [-0.39, 0.29) is 86.4 Å². The first-order chi connectivity index (χ1) is 35.1. The molecule has 2 aromatic heterocycles. The number of anilines is 1. The Labute approximate surface area is 432 Å². The van der Waals surface area contributed by atoms with Gasteiger partial charge in [-0.15, -0.1) is 5.06 Å². The number of likely N-dealkylation sites (tertiary alicyclic amines) is 1. The third kappa shape index (κ3) is 13.8. The molecule has 6 amide bonds. The van der Waals surface area contributed by atoms with E-state index in [0.29, 0.717) is 72.0 Å². The first-order valence-corrected chi connectivity index (χ1v) is 26.9. The number of halogens is 1. The van der Waals surface area contributed by atoms with Crippen molar-refractivity contribution in [1.29, 1.82) is 0 Å². The molecule has 4 aliphatic heterocycles. The molecule has 73 heavy (non-hydrogen) atoms. The number of hydrogen-bond acceptors (Lipinski definition) is 17. The van der Waals surface area contributed by atoms with Crippen LogP contribution >= 0.6 is 21.6 Å². The van der Waals surface area contributed by atoms with Crippen LogP contribution in [0.15, 0.2) is 60.2 Å². The first kappa shape index (κ1) is 53.2. The molecule has 8 rings (SSSR count). The van der Waals surface area contributed by atoms with E-state index in [0.717, 1.165) is 37.1 Å². The van der Waals surface area contributed by atoms with Crippen LogP contribution < -0.4 is 20.8 Å². The monoisotopic (exact) mass is 1040 g/mol. The molecule has 3 aromatic rings. The molecule has 5 aliphatic rings. The molecule has 3 N–H and O–H groups in total. The van der Waals surface area contributed by atoms with E-state index in [9.17, 15) is 28.8 Å². The number of fused-ring (bicyclic) bond motifs is 1. The summed E-state index contributed by atoms with van der Waals surface area (Å²) in [6.45, 7) is 9.89. The van der Waals surface area contributed by atoms with Crippen LogP contribution in [0.4, 0.5) is 14.9 Å². The number of aromatic nitrogens is 3. The number of hydrogen-bond donors (Lipinski definition) is 3. The molecular formula is C48H60B2FN11O9S2. The number of nitrogens with one attached hydrogen (secondary N) is 3. The summed E-state index contributed by atoms with van der Waals surface area (Å²) < 4.78 is 26.3. The van der Waals surface area contributed by atoms with E-state index >= 15 is 4.39 Å². The number of hydroxylamine groups is 2. The van der Waals surface area contributed by atoms with Gasteiger partial charge in [-0.1, -0.05) is 21.6 Å². The van der Waals surface area contributed by atoms with Crippen molar-refractivity contribution in [2.24, 2.45) is 11.0 Å². The molecule has 3 atom stereocenters.